The Morgan fingerprint density at radius 1 is 0.649 bits per heavy atom. The normalized spacial score (nSPS) is 13.2. The van der Waals surface area contributed by atoms with Crippen LogP contribution in [0.3, 0.4) is 0 Å². The Morgan fingerprint density at radius 3 is 1.56 bits per heavy atom. The van der Waals surface area contributed by atoms with E-state index in [1.165, 1.54) is 77.7 Å². The van der Waals surface area contributed by atoms with Crippen LogP contribution in [0.25, 0.3) is 0 Å². The molecule has 4 amide bonds. The van der Waals surface area contributed by atoms with Crippen LogP contribution in [0.1, 0.15) is 31.8 Å². The van der Waals surface area contributed by atoms with Crippen molar-refractivity contribution in [1.29, 1.82) is 10.5 Å². The molecule has 2 fully saturated rings. The second kappa shape index (κ2) is 21.9. The summed E-state index contributed by atoms with van der Waals surface area (Å²) in [6, 6.07) is 21.4. The Labute approximate surface area is 351 Å². The smallest absolute Gasteiger partial charge is 0.415 e. The van der Waals surface area contributed by atoms with E-state index in [-0.39, 0.29) is 38.0 Å². The summed E-state index contributed by atoms with van der Waals surface area (Å²) >= 11 is 29.0. The van der Waals surface area contributed by atoms with Crippen LogP contribution in [0, 0.1) is 22.7 Å². The SMILES string of the molecule is N#Cc1ccc(NC(=O)c2cc(Cl)ccc2O)c(Cl)c1.N#Cc1ccc(NC(=O)c2cc(Cl)ccc2OC(=O)N2CCOCC2)c(Cl)c1.O=C(Cl)N1CCOCC1. The van der Waals surface area contributed by atoms with E-state index in [1.807, 2.05) is 12.1 Å². The van der Waals surface area contributed by atoms with Gasteiger partial charge >= 0.3 is 11.5 Å². The highest BCUT2D eigenvalue weighted by Gasteiger charge is 2.23. The number of morpholine rings is 2. The number of nitriles is 2. The Kier molecular flexibility index (Phi) is 17.0. The number of carbonyl (C=O) groups excluding carboxylic acids is 4. The summed E-state index contributed by atoms with van der Waals surface area (Å²) in [6.45, 7) is 4.16. The molecule has 0 spiro atoms. The van der Waals surface area contributed by atoms with E-state index in [9.17, 15) is 24.3 Å². The minimum Gasteiger partial charge on any atom is -0.507 e. The number of halogens is 5. The van der Waals surface area contributed by atoms with E-state index in [2.05, 4.69) is 10.6 Å². The van der Waals surface area contributed by atoms with Crippen molar-refractivity contribution in [3.05, 3.63) is 115 Å². The van der Waals surface area contributed by atoms with Crippen LogP contribution in [-0.4, -0.2) is 90.8 Å². The highest BCUT2D eigenvalue weighted by atomic mass is 35.5. The fourth-order valence-corrected chi connectivity index (χ4v) is 5.82. The summed E-state index contributed by atoms with van der Waals surface area (Å²) in [7, 11) is 0. The summed E-state index contributed by atoms with van der Waals surface area (Å²) < 4.78 is 15.6. The Balaban J connectivity index is 0.000000215. The number of hydrogen-bond donors (Lipinski definition) is 3. The number of phenolic OH excluding ortho intramolecular Hbond substituents is 1. The van der Waals surface area contributed by atoms with Crippen LogP contribution in [-0.2, 0) is 9.47 Å². The molecule has 0 saturated carbocycles. The summed E-state index contributed by atoms with van der Waals surface area (Å²) in [6.07, 6.45) is -0.573. The molecule has 296 valence electrons. The molecule has 0 aliphatic carbocycles. The maximum Gasteiger partial charge on any atom is 0.415 e. The van der Waals surface area contributed by atoms with Crippen molar-refractivity contribution in [2.75, 3.05) is 63.2 Å². The van der Waals surface area contributed by atoms with Crippen molar-refractivity contribution >= 4 is 92.7 Å². The predicted octanol–water partition coefficient (Wildman–Crippen LogP) is 8.45. The standard InChI is InChI=1S/C19H15Cl2N3O4.C14H8Cl2N2O2.C5H8ClNO2/c20-13-2-4-17(28-19(26)24-5-7-27-8-6-24)14(10-13)18(25)23-16-3-1-12(11-22)9-15(16)21;15-9-2-4-13(19)10(6-9)14(20)18-12-3-1-8(7-17)5-11(12)16;6-5(8)7-1-3-9-4-2-7/h1-4,9-10H,5-8H2,(H,23,25);1-6,19H,(H,18,20);1-4H2. The zero-order chi connectivity index (χ0) is 41.5. The minimum atomic E-state index is -0.573. The van der Waals surface area contributed by atoms with E-state index in [4.69, 9.17) is 82.7 Å². The maximum absolute atomic E-state index is 12.7. The molecule has 0 bridgehead atoms. The summed E-state index contributed by atoms with van der Waals surface area (Å²) in [4.78, 5) is 50.6. The molecule has 0 aromatic heterocycles. The number of aromatic hydroxyl groups is 1. The molecule has 0 atom stereocenters. The van der Waals surface area contributed by atoms with Gasteiger partial charge in [0, 0.05) is 36.2 Å². The van der Waals surface area contributed by atoms with Crippen LogP contribution in [0.2, 0.25) is 20.1 Å². The molecule has 0 radical (unpaired) electrons. The average molecular weight is 877 g/mol. The number of carbonyl (C=O) groups is 4. The molecule has 2 heterocycles. The second-order valence-corrected chi connectivity index (χ2v) is 13.7. The lowest BCUT2D eigenvalue weighted by molar-refractivity contribution is 0.0415. The predicted molar refractivity (Wildman–Crippen MR) is 215 cm³/mol. The molecule has 2 aliphatic rings. The Morgan fingerprint density at radius 2 is 1.11 bits per heavy atom. The van der Waals surface area contributed by atoms with Crippen molar-refractivity contribution < 1.29 is 38.5 Å². The molecule has 14 nitrogen and oxygen atoms in total. The van der Waals surface area contributed by atoms with Gasteiger partial charge in [0.2, 0.25) is 0 Å². The fraction of sp³-hybridized carbons (Fsp3) is 0.211. The number of hydrogen-bond acceptors (Lipinski definition) is 10. The zero-order valence-electron chi connectivity index (χ0n) is 29.6. The monoisotopic (exact) mass is 874 g/mol. The van der Waals surface area contributed by atoms with E-state index in [1.54, 1.807) is 4.90 Å². The highest BCUT2D eigenvalue weighted by molar-refractivity contribution is 6.62. The van der Waals surface area contributed by atoms with E-state index in [0.717, 1.165) is 0 Å². The third-order valence-electron chi connectivity index (χ3n) is 7.81. The summed E-state index contributed by atoms with van der Waals surface area (Å²) in [5.74, 6) is -1.21. The first-order valence-electron chi connectivity index (χ1n) is 16.7. The minimum absolute atomic E-state index is 0.0397. The fourth-order valence-electron chi connectivity index (χ4n) is 4.85. The van der Waals surface area contributed by atoms with Crippen LogP contribution >= 0.6 is 58.0 Å². The van der Waals surface area contributed by atoms with Crippen molar-refractivity contribution in [2.45, 2.75) is 0 Å². The lowest BCUT2D eigenvalue weighted by Crippen LogP contribution is -2.42. The Bertz CT molecular complexity index is 2200. The van der Waals surface area contributed by atoms with Crippen molar-refractivity contribution in [3.63, 3.8) is 0 Å². The molecular formula is C38H31Cl5N6O8. The first-order chi connectivity index (χ1) is 27.3. The summed E-state index contributed by atoms with van der Waals surface area (Å²) in [5, 5.41) is 33.2. The zero-order valence-corrected chi connectivity index (χ0v) is 33.3. The molecule has 4 aromatic carbocycles. The van der Waals surface area contributed by atoms with Crippen LogP contribution < -0.4 is 15.4 Å². The van der Waals surface area contributed by atoms with Gasteiger partial charge in [-0.3, -0.25) is 14.4 Å². The number of nitrogens with zero attached hydrogens (tertiary/aromatic N) is 4. The largest absolute Gasteiger partial charge is 0.507 e. The lowest BCUT2D eigenvalue weighted by Gasteiger charge is -2.26. The van der Waals surface area contributed by atoms with Gasteiger partial charge in [-0.1, -0.05) is 46.4 Å². The van der Waals surface area contributed by atoms with Gasteiger partial charge in [-0.15, -0.1) is 0 Å². The number of anilines is 2. The molecular weight excluding hydrogens is 846 g/mol. The molecule has 57 heavy (non-hydrogen) atoms. The van der Waals surface area contributed by atoms with Gasteiger partial charge in [0.15, 0.2) is 0 Å². The van der Waals surface area contributed by atoms with Crippen molar-refractivity contribution in [3.8, 4) is 23.6 Å². The third-order valence-corrected chi connectivity index (χ3v) is 9.14. The van der Waals surface area contributed by atoms with Crippen molar-refractivity contribution in [2.24, 2.45) is 0 Å². The third kappa shape index (κ3) is 13.4. The number of benzene rings is 4. The van der Waals surface area contributed by atoms with Gasteiger partial charge in [-0.05, 0) is 84.4 Å². The maximum atomic E-state index is 12.7. The molecule has 6 rings (SSSR count). The van der Waals surface area contributed by atoms with Gasteiger partial charge in [0.25, 0.3) is 11.8 Å². The lowest BCUT2D eigenvalue weighted by atomic mass is 10.1. The number of nitrogens with one attached hydrogen (secondary N) is 2. The van der Waals surface area contributed by atoms with E-state index in [0.29, 0.717) is 85.2 Å². The van der Waals surface area contributed by atoms with Gasteiger partial charge in [-0.25, -0.2) is 4.79 Å². The number of amides is 4. The molecule has 2 saturated heterocycles. The van der Waals surface area contributed by atoms with Crippen LogP contribution in [0.4, 0.5) is 21.0 Å². The van der Waals surface area contributed by atoms with Gasteiger partial charge in [-0.2, -0.15) is 10.5 Å². The van der Waals surface area contributed by atoms with Crippen LogP contribution in [0.15, 0.2) is 72.8 Å². The second-order valence-electron chi connectivity index (χ2n) is 11.6. The van der Waals surface area contributed by atoms with Gasteiger partial charge in [0.1, 0.15) is 11.5 Å². The topological polar surface area (TPSA) is 194 Å². The molecule has 0 unspecified atom stereocenters. The first-order valence-corrected chi connectivity index (χ1v) is 18.5. The van der Waals surface area contributed by atoms with Gasteiger partial charge in [0.05, 0.1) is 82.2 Å². The molecule has 3 N–H and O–H groups in total. The summed E-state index contributed by atoms with van der Waals surface area (Å²) in [5.41, 5.74) is 1.53. The molecule has 4 aromatic rings. The van der Waals surface area contributed by atoms with Crippen LogP contribution in [0.5, 0.6) is 11.5 Å². The Hall–Kier alpha value is -5.29. The number of phenols is 1. The quantitative estimate of drug-likeness (QED) is 0.129. The molecule has 2 aliphatic heterocycles. The van der Waals surface area contributed by atoms with E-state index < -0.39 is 17.9 Å². The average Bonchev–Trinajstić information content (AvgIpc) is 3.21. The highest BCUT2D eigenvalue weighted by Crippen LogP contribution is 2.29. The number of rotatable bonds is 5. The number of ether oxygens (including phenoxy) is 3. The first kappa shape index (κ1) is 44.4. The van der Waals surface area contributed by atoms with E-state index >= 15 is 0 Å². The van der Waals surface area contributed by atoms with Crippen molar-refractivity contribution in [1.82, 2.24) is 9.80 Å². The molecule has 19 heteroatoms. The van der Waals surface area contributed by atoms with Gasteiger partial charge < -0.3 is 39.8 Å².